The molecule has 0 saturated heterocycles. The molecule has 0 aliphatic rings. The number of tetrazole rings is 1. The standard InChI is InChI=1S/C14H13N7O.Na/c1-15-10-7-5-9(6-8-10)11-3-2-4-12(16-11)13(22)17-14-18-20-21-19-14;/h2-8,15H,1H3,(H2,17,18,19,20,21,22);. The maximum absolute atomic E-state index is 12.1. The van der Waals surface area contributed by atoms with Crippen LogP contribution in [-0.2, 0) is 0 Å². The minimum absolute atomic E-state index is 0. The molecule has 9 heteroatoms. The van der Waals surface area contributed by atoms with Gasteiger partial charge in [0.25, 0.3) is 5.91 Å². The second kappa shape index (κ2) is 7.82. The summed E-state index contributed by atoms with van der Waals surface area (Å²) in [5.74, 6) is -0.206. The summed E-state index contributed by atoms with van der Waals surface area (Å²) in [6.07, 6.45) is 0. The number of anilines is 2. The minimum Gasteiger partial charge on any atom is -0.388 e. The third-order valence-corrected chi connectivity index (χ3v) is 3.03. The van der Waals surface area contributed by atoms with Gasteiger partial charge in [-0.15, -0.1) is 0 Å². The number of nitrogens with zero attached hydrogens (tertiary/aromatic N) is 4. The summed E-state index contributed by atoms with van der Waals surface area (Å²) in [7, 11) is 1.86. The van der Waals surface area contributed by atoms with Gasteiger partial charge in [0, 0.05) is 47.9 Å². The minimum atomic E-state index is -0.382. The molecule has 2 aromatic heterocycles. The molecule has 0 atom stereocenters. The molecular formula is C14H13N7NaO. The number of aromatic amines is 1. The number of pyridine rings is 1. The Morgan fingerprint density at radius 1 is 1.13 bits per heavy atom. The molecular weight excluding hydrogens is 305 g/mol. The summed E-state index contributed by atoms with van der Waals surface area (Å²) in [6, 6.07) is 13.0. The van der Waals surface area contributed by atoms with Crippen molar-refractivity contribution in [3.05, 3.63) is 48.2 Å². The molecule has 23 heavy (non-hydrogen) atoms. The molecule has 1 aromatic carbocycles. The first-order valence-corrected chi connectivity index (χ1v) is 6.56. The number of carbonyl (C=O) groups excluding carboxylic acids is 1. The van der Waals surface area contributed by atoms with Gasteiger partial charge in [-0.25, -0.2) is 10.1 Å². The van der Waals surface area contributed by atoms with Crippen LogP contribution in [0.25, 0.3) is 11.3 Å². The fraction of sp³-hybridized carbons (Fsp3) is 0.0714. The third kappa shape index (κ3) is 4.13. The first kappa shape index (κ1) is 17.1. The molecule has 3 N–H and O–H groups in total. The normalized spacial score (nSPS) is 9.78. The number of hydrogen-bond donors (Lipinski definition) is 3. The van der Waals surface area contributed by atoms with E-state index in [1.807, 2.05) is 37.4 Å². The summed E-state index contributed by atoms with van der Waals surface area (Å²) < 4.78 is 0. The monoisotopic (exact) mass is 318 g/mol. The van der Waals surface area contributed by atoms with Gasteiger partial charge in [0.05, 0.1) is 5.69 Å². The van der Waals surface area contributed by atoms with Crippen molar-refractivity contribution in [2.75, 3.05) is 17.7 Å². The molecule has 3 rings (SSSR count). The molecule has 0 spiro atoms. The van der Waals surface area contributed by atoms with E-state index in [4.69, 9.17) is 0 Å². The smallest absolute Gasteiger partial charge is 0.276 e. The summed E-state index contributed by atoms with van der Waals surface area (Å²) in [5.41, 5.74) is 2.93. The Balaban J connectivity index is 0.00000192. The van der Waals surface area contributed by atoms with Crippen LogP contribution in [0.3, 0.4) is 0 Å². The van der Waals surface area contributed by atoms with Crippen LogP contribution in [0.1, 0.15) is 10.5 Å². The van der Waals surface area contributed by atoms with Crippen molar-refractivity contribution in [2.24, 2.45) is 0 Å². The van der Waals surface area contributed by atoms with Gasteiger partial charge in [0.2, 0.25) is 5.95 Å². The van der Waals surface area contributed by atoms with Crippen molar-refractivity contribution < 1.29 is 4.79 Å². The Bertz CT molecular complexity index is 774. The van der Waals surface area contributed by atoms with Crippen LogP contribution in [-0.4, -0.2) is 68.1 Å². The number of hydrogen-bond acceptors (Lipinski definition) is 6. The zero-order chi connectivity index (χ0) is 15.4. The van der Waals surface area contributed by atoms with Crippen molar-refractivity contribution in [3.8, 4) is 11.3 Å². The Morgan fingerprint density at radius 3 is 2.57 bits per heavy atom. The predicted molar refractivity (Wildman–Crippen MR) is 87.1 cm³/mol. The van der Waals surface area contributed by atoms with Crippen molar-refractivity contribution in [1.29, 1.82) is 0 Å². The predicted octanol–water partition coefficient (Wildman–Crippen LogP) is 1.17. The number of H-pyrrole nitrogens is 1. The molecule has 0 saturated carbocycles. The topological polar surface area (TPSA) is 108 Å². The number of carbonyl (C=O) groups is 1. The van der Waals surface area contributed by atoms with Gasteiger partial charge in [-0.1, -0.05) is 23.3 Å². The van der Waals surface area contributed by atoms with E-state index in [0.29, 0.717) is 5.69 Å². The van der Waals surface area contributed by atoms with Crippen LogP contribution in [0.4, 0.5) is 11.6 Å². The molecule has 2 heterocycles. The largest absolute Gasteiger partial charge is 0.388 e. The Hall–Kier alpha value is -2.29. The van der Waals surface area contributed by atoms with E-state index in [9.17, 15) is 4.79 Å². The van der Waals surface area contributed by atoms with E-state index in [-0.39, 0.29) is 47.1 Å². The van der Waals surface area contributed by atoms with Crippen molar-refractivity contribution in [1.82, 2.24) is 25.6 Å². The maximum atomic E-state index is 12.1. The molecule has 0 aliphatic carbocycles. The number of aromatic nitrogens is 5. The first-order chi connectivity index (χ1) is 10.8. The van der Waals surface area contributed by atoms with Gasteiger partial charge < -0.3 is 5.32 Å². The molecule has 0 fully saturated rings. The SMILES string of the molecule is CNc1ccc(-c2cccc(C(=O)Nc3nnn[nH]3)n2)cc1.[Na]. The molecule has 1 amide bonds. The van der Waals surface area contributed by atoms with Gasteiger partial charge in [-0.3, -0.25) is 10.1 Å². The van der Waals surface area contributed by atoms with E-state index in [1.165, 1.54) is 0 Å². The van der Waals surface area contributed by atoms with Crippen LogP contribution in [0.2, 0.25) is 0 Å². The van der Waals surface area contributed by atoms with Gasteiger partial charge in [0.1, 0.15) is 5.69 Å². The zero-order valence-corrected chi connectivity index (χ0v) is 14.7. The molecule has 8 nitrogen and oxygen atoms in total. The van der Waals surface area contributed by atoms with Crippen LogP contribution in [0.15, 0.2) is 42.5 Å². The van der Waals surface area contributed by atoms with Crippen LogP contribution < -0.4 is 10.6 Å². The molecule has 0 unspecified atom stereocenters. The summed E-state index contributed by atoms with van der Waals surface area (Å²) in [5, 5.41) is 18.4. The summed E-state index contributed by atoms with van der Waals surface area (Å²) in [4.78, 5) is 16.5. The summed E-state index contributed by atoms with van der Waals surface area (Å²) >= 11 is 0. The second-order valence-electron chi connectivity index (χ2n) is 4.44. The Kier molecular flexibility index (Phi) is 5.80. The first-order valence-electron chi connectivity index (χ1n) is 6.56. The number of benzene rings is 1. The number of rotatable bonds is 4. The summed E-state index contributed by atoms with van der Waals surface area (Å²) in [6.45, 7) is 0. The van der Waals surface area contributed by atoms with E-state index in [2.05, 4.69) is 36.2 Å². The zero-order valence-electron chi connectivity index (χ0n) is 12.7. The Morgan fingerprint density at radius 2 is 1.91 bits per heavy atom. The van der Waals surface area contributed by atoms with Crippen LogP contribution in [0, 0.1) is 0 Å². The van der Waals surface area contributed by atoms with E-state index in [0.717, 1.165) is 11.3 Å². The van der Waals surface area contributed by atoms with Crippen molar-refractivity contribution >= 4 is 47.1 Å². The van der Waals surface area contributed by atoms with Gasteiger partial charge in [-0.2, -0.15) is 0 Å². The average Bonchev–Trinajstić information content (AvgIpc) is 3.08. The van der Waals surface area contributed by atoms with Gasteiger partial charge in [-0.05, 0) is 34.7 Å². The second-order valence-corrected chi connectivity index (χ2v) is 4.44. The van der Waals surface area contributed by atoms with Crippen molar-refractivity contribution in [3.63, 3.8) is 0 Å². The van der Waals surface area contributed by atoms with Gasteiger partial charge >= 0.3 is 0 Å². The quantitative estimate of drug-likeness (QED) is 0.623. The van der Waals surface area contributed by atoms with Gasteiger partial charge in [0.15, 0.2) is 0 Å². The fourth-order valence-electron chi connectivity index (χ4n) is 1.91. The van der Waals surface area contributed by atoms with Crippen molar-refractivity contribution in [2.45, 2.75) is 0 Å². The maximum Gasteiger partial charge on any atom is 0.276 e. The molecule has 0 bridgehead atoms. The van der Waals surface area contributed by atoms with Crippen LogP contribution in [0.5, 0.6) is 0 Å². The molecule has 3 aromatic rings. The molecule has 111 valence electrons. The van der Waals surface area contributed by atoms with E-state index >= 15 is 0 Å². The average molecular weight is 318 g/mol. The Labute approximate surface area is 154 Å². The molecule has 0 aliphatic heterocycles. The van der Waals surface area contributed by atoms with Crippen LogP contribution >= 0.6 is 0 Å². The van der Waals surface area contributed by atoms with E-state index < -0.39 is 0 Å². The fourth-order valence-corrected chi connectivity index (χ4v) is 1.91. The van der Waals surface area contributed by atoms with E-state index in [1.54, 1.807) is 12.1 Å². The number of amides is 1. The molecule has 1 radical (unpaired) electrons. The third-order valence-electron chi connectivity index (χ3n) is 3.03. The number of nitrogens with one attached hydrogen (secondary N) is 3.